The summed E-state index contributed by atoms with van der Waals surface area (Å²) < 4.78 is 11.5. The van der Waals surface area contributed by atoms with Crippen LogP contribution in [0.25, 0.3) is 0 Å². The number of hydrogen-bond acceptors (Lipinski definition) is 4. The molecule has 0 aliphatic rings. The highest BCUT2D eigenvalue weighted by atomic mass is 35.5. The lowest BCUT2D eigenvalue weighted by Gasteiger charge is -2.18. The number of nitrogens with zero attached hydrogens (tertiary/aromatic N) is 1. The molecule has 2 rings (SSSR count). The number of rotatable bonds is 12. The van der Waals surface area contributed by atoms with Gasteiger partial charge in [0.1, 0.15) is 18.1 Å². The van der Waals surface area contributed by atoms with Crippen LogP contribution in [-0.4, -0.2) is 42.9 Å². The number of nitrogens with one attached hydrogen (secondary N) is 2. The van der Waals surface area contributed by atoms with Gasteiger partial charge in [0.15, 0.2) is 5.11 Å². The normalized spacial score (nSPS) is 10.3. The summed E-state index contributed by atoms with van der Waals surface area (Å²) in [5.41, 5.74) is 1.83. The van der Waals surface area contributed by atoms with E-state index in [0.29, 0.717) is 11.7 Å². The van der Waals surface area contributed by atoms with E-state index in [-0.39, 0.29) is 12.4 Å². The number of likely N-dealkylation sites (N-methyl/N-ethyl adjacent to an activating group) is 1. The van der Waals surface area contributed by atoms with Crippen molar-refractivity contribution in [3.8, 4) is 11.5 Å². The fraction of sp³-hybridized carbons (Fsp3) is 0.435. The van der Waals surface area contributed by atoms with E-state index >= 15 is 0 Å². The molecule has 0 aliphatic carbocycles. The first kappa shape index (κ1) is 26.0. The number of ether oxygens (including phenoxy) is 2. The van der Waals surface area contributed by atoms with Crippen molar-refractivity contribution < 1.29 is 9.47 Å². The molecule has 2 N–H and O–H groups in total. The fourth-order valence-electron chi connectivity index (χ4n) is 2.73. The molecule has 0 bridgehead atoms. The standard InChI is InChI=1S/C23H33N3O2S.ClH/c1-4-7-17-27-21-12-8-19(9-13-21)24-23(29)25-20-10-14-22(15-11-20)28-18-16-26(5-2)6-3;/h8-15H,4-7,16-18H2,1-3H3,(H2,24,25,29);1H. The van der Waals surface area contributed by atoms with Gasteiger partial charge in [-0.1, -0.05) is 27.2 Å². The van der Waals surface area contributed by atoms with E-state index in [1.54, 1.807) is 0 Å². The Kier molecular flexibility index (Phi) is 12.9. The second-order valence-corrected chi connectivity index (χ2v) is 7.11. The number of hydrogen-bond donors (Lipinski definition) is 2. The molecular formula is C23H34ClN3O2S. The Morgan fingerprint density at radius 1 is 0.800 bits per heavy atom. The van der Waals surface area contributed by atoms with Crippen molar-refractivity contribution in [1.29, 1.82) is 0 Å². The molecule has 2 aromatic carbocycles. The zero-order valence-electron chi connectivity index (χ0n) is 18.1. The first-order chi connectivity index (χ1) is 14.1. The van der Waals surface area contributed by atoms with Gasteiger partial charge in [-0.15, -0.1) is 12.4 Å². The number of thiocarbonyl (C=S) groups is 1. The van der Waals surface area contributed by atoms with Crippen LogP contribution in [0, 0.1) is 0 Å². The molecule has 5 nitrogen and oxygen atoms in total. The quantitative estimate of drug-likeness (QED) is 0.313. The second-order valence-electron chi connectivity index (χ2n) is 6.71. The minimum absolute atomic E-state index is 0. The lowest BCUT2D eigenvalue weighted by Crippen LogP contribution is -2.27. The Balaban J connectivity index is 0.00000450. The molecule has 0 amide bonds. The van der Waals surface area contributed by atoms with Crippen molar-refractivity contribution in [1.82, 2.24) is 4.90 Å². The zero-order valence-corrected chi connectivity index (χ0v) is 19.8. The van der Waals surface area contributed by atoms with Crippen molar-refractivity contribution in [3.05, 3.63) is 48.5 Å². The summed E-state index contributed by atoms with van der Waals surface area (Å²) in [6.07, 6.45) is 2.19. The van der Waals surface area contributed by atoms with Crippen LogP contribution in [0.4, 0.5) is 11.4 Å². The second kappa shape index (κ2) is 14.9. The summed E-state index contributed by atoms with van der Waals surface area (Å²) in [5.74, 6) is 1.74. The topological polar surface area (TPSA) is 45.8 Å². The van der Waals surface area contributed by atoms with Gasteiger partial charge in [0.2, 0.25) is 0 Å². The molecule has 0 saturated heterocycles. The summed E-state index contributed by atoms with van der Waals surface area (Å²) in [6.45, 7) is 10.9. The van der Waals surface area contributed by atoms with Crippen LogP contribution < -0.4 is 20.1 Å². The number of unbranched alkanes of at least 4 members (excludes halogenated alkanes) is 1. The predicted octanol–water partition coefficient (Wildman–Crippen LogP) is 5.82. The Hall–Kier alpha value is -2.02. The Labute approximate surface area is 192 Å². The molecule has 0 unspecified atom stereocenters. The molecule has 30 heavy (non-hydrogen) atoms. The van der Waals surface area contributed by atoms with E-state index in [1.165, 1.54) is 0 Å². The Morgan fingerprint density at radius 2 is 1.27 bits per heavy atom. The highest BCUT2D eigenvalue weighted by molar-refractivity contribution is 7.80. The predicted molar refractivity (Wildman–Crippen MR) is 134 cm³/mol. The molecule has 0 aromatic heterocycles. The fourth-order valence-corrected chi connectivity index (χ4v) is 2.96. The van der Waals surface area contributed by atoms with Gasteiger partial charge in [-0.05, 0) is 80.3 Å². The molecular weight excluding hydrogens is 418 g/mol. The first-order valence-electron chi connectivity index (χ1n) is 10.4. The van der Waals surface area contributed by atoms with E-state index in [4.69, 9.17) is 21.7 Å². The van der Waals surface area contributed by atoms with E-state index in [1.807, 2.05) is 48.5 Å². The van der Waals surface area contributed by atoms with Crippen molar-refractivity contribution in [2.24, 2.45) is 0 Å². The molecule has 0 atom stereocenters. The van der Waals surface area contributed by atoms with Crippen LogP contribution in [0.15, 0.2) is 48.5 Å². The summed E-state index contributed by atoms with van der Waals surface area (Å²) in [7, 11) is 0. The van der Waals surface area contributed by atoms with E-state index in [9.17, 15) is 0 Å². The maximum Gasteiger partial charge on any atom is 0.175 e. The summed E-state index contributed by atoms with van der Waals surface area (Å²) >= 11 is 5.40. The van der Waals surface area contributed by atoms with Crippen LogP contribution in [0.1, 0.15) is 33.6 Å². The van der Waals surface area contributed by atoms with Crippen LogP contribution in [0.5, 0.6) is 11.5 Å². The third kappa shape index (κ3) is 9.65. The minimum Gasteiger partial charge on any atom is -0.494 e. The van der Waals surface area contributed by atoms with Gasteiger partial charge in [-0.25, -0.2) is 0 Å². The maximum absolute atomic E-state index is 5.81. The zero-order chi connectivity index (χ0) is 20.9. The molecule has 166 valence electrons. The first-order valence-corrected chi connectivity index (χ1v) is 10.8. The van der Waals surface area contributed by atoms with Gasteiger partial charge < -0.3 is 25.0 Å². The lowest BCUT2D eigenvalue weighted by atomic mass is 10.3. The number of benzene rings is 2. The van der Waals surface area contributed by atoms with E-state index in [0.717, 1.165) is 62.0 Å². The van der Waals surface area contributed by atoms with Gasteiger partial charge in [0, 0.05) is 17.9 Å². The van der Waals surface area contributed by atoms with Gasteiger partial charge in [0.05, 0.1) is 6.61 Å². The largest absolute Gasteiger partial charge is 0.494 e. The minimum atomic E-state index is 0. The average molecular weight is 452 g/mol. The molecule has 0 radical (unpaired) electrons. The van der Waals surface area contributed by atoms with Crippen LogP contribution >= 0.6 is 24.6 Å². The van der Waals surface area contributed by atoms with Crippen molar-refractivity contribution in [3.63, 3.8) is 0 Å². The third-order valence-corrected chi connectivity index (χ3v) is 4.77. The maximum atomic E-state index is 5.81. The smallest absolute Gasteiger partial charge is 0.175 e. The van der Waals surface area contributed by atoms with Crippen molar-refractivity contribution >= 4 is 41.1 Å². The lowest BCUT2D eigenvalue weighted by molar-refractivity contribution is 0.223. The monoisotopic (exact) mass is 451 g/mol. The molecule has 0 spiro atoms. The van der Waals surface area contributed by atoms with Crippen molar-refractivity contribution in [2.45, 2.75) is 33.6 Å². The SMILES string of the molecule is CCCCOc1ccc(NC(=S)Nc2ccc(OCCN(CC)CC)cc2)cc1.Cl. The van der Waals surface area contributed by atoms with Crippen LogP contribution in [0.3, 0.4) is 0 Å². The highest BCUT2D eigenvalue weighted by Gasteiger charge is 2.02. The molecule has 0 saturated carbocycles. The van der Waals surface area contributed by atoms with Crippen LogP contribution in [-0.2, 0) is 0 Å². The summed E-state index contributed by atoms with van der Waals surface area (Å²) in [5, 5.41) is 6.92. The highest BCUT2D eigenvalue weighted by Crippen LogP contribution is 2.18. The Morgan fingerprint density at radius 3 is 1.70 bits per heavy atom. The average Bonchev–Trinajstić information content (AvgIpc) is 2.74. The molecule has 0 fully saturated rings. The number of halogens is 1. The van der Waals surface area contributed by atoms with Gasteiger partial charge in [-0.3, -0.25) is 0 Å². The molecule has 0 aliphatic heterocycles. The molecule has 0 heterocycles. The van der Waals surface area contributed by atoms with Gasteiger partial charge in [0.25, 0.3) is 0 Å². The summed E-state index contributed by atoms with van der Waals surface area (Å²) in [6, 6.07) is 15.7. The Bertz CT molecular complexity index is 722. The molecule has 7 heteroatoms. The summed E-state index contributed by atoms with van der Waals surface area (Å²) in [4.78, 5) is 2.34. The van der Waals surface area contributed by atoms with Gasteiger partial charge >= 0.3 is 0 Å². The third-order valence-electron chi connectivity index (χ3n) is 4.56. The van der Waals surface area contributed by atoms with E-state index in [2.05, 4.69) is 36.3 Å². The number of anilines is 2. The van der Waals surface area contributed by atoms with Gasteiger partial charge in [-0.2, -0.15) is 0 Å². The van der Waals surface area contributed by atoms with Crippen molar-refractivity contribution in [2.75, 3.05) is 43.5 Å². The van der Waals surface area contributed by atoms with E-state index < -0.39 is 0 Å². The van der Waals surface area contributed by atoms with Crippen LogP contribution in [0.2, 0.25) is 0 Å². The molecule has 2 aromatic rings.